The largest absolute Gasteiger partial charge is 0.507 e. The Morgan fingerprint density at radius 1 is 1.24 bits per heavy atom. The van der Waals surface area contributed by atoms with Crippen molar-refractivity contribution in [3.05, 3.63) is 69.2 Å². The number of fused-ring (bicyclic) bond motifs is 1. The van der Waals surface area contributed by atoms with Crippen LogP contribution in [-0.2, 0) is 5.75 Å². The maximum atomic E-state index is 12.1. The van der Waals surface area contributed by atoms with Crippen molar-refractivity contribution in [3.63, 3.8) is 0 Å². The summed E-state index contributed by atoms with van der Waals surface area (Å²) in [6.07, 6.45) is 1.70. The topological polar surface area (TPSA) is 54.6 Å². The molecule has 6 heteroatoms. The summed E-state index contributed by atoms with van der Waals surface area (Å²) in [5.74, 6) is 0.767. The van der Waals surface area contributed by atoms with Crippen molar-refractivity contribution in [2.24, 2.45) is 0 Å². The van der Waals surface area contributed by atoms with Crippen molar-refractivity contribution < 1.29 is 5.11 Å². The molecule has 0 spiro atoms. The lowest BCUT2D eigenvalue weighted by atomic mass is 10.3. The molecule has 0 atom stereocenters. The number of aromatic nitrogens is 2. The van der Waals surface area contributed by atoms with E-state index < -0.39 is 0 Å². The van der Waals surface area contributed by atoms with E-state index >= 15 is 0 Å². The van der Waals surface area contributed by atoms with Gasteiger partial charge in [-0.1, -0.05) is 12.1 Å². The van der Waals surface area contributed by atoms with Crippen LogP contribution in [0, 0.1) is 0 Å². The number of nitrogens with zero attached hydrogens (tertiary/aromatic N) is 2. The molecule has 1 aromatic carbocycles. The molecule has 2 heterocycles. The van der Waals surface area contributed by atoms with Crippen LogP contribution in [0.5, 0.6) is 5.75 Å². The lowest BCUT2D eigenvalue weighted by Crippen LogP contribution is -2.15. The first-order chi connectivity index (χ1) is 10.1. The zero-order valence-electron chi connectivity index (χ0n) is 10.9. The summed E-state index contributed by atoms with van der Waals surface area (Å²) in [6.45, 7) is 0. The quantitative estimate of drug-likeness (QED) is 0.725. The molecule has 0 aliphatic carbocycles. The van der Waals surface area contributed by atoms with Crippen LogP contribution >= 0.6 is 27.7 Å². The Bertz CT molecular complexity index is 864. The second-order valence-electron chi connectivity index (χ2n) is 4.42. The SMILES string of the molecule is O=c1cc(CSc2ccccc2O)nc2ccc(Br)cn12. The number of rotatable bonds is 3. The highest BCUT2D eigenvalue weighted by Crippen LogP contribution is 2.29. The lowest BCUT2D eigenvalue weighted by Gasteiger charge is -2.05. The van der Waals surface area contributed by atoms with Gasteiger partial charge in [-0.05, 0) is 40.2 Å². The Morgan fingerprint density at radius 2 is 2.05 bits per heavy atom. The number of hydrogen-bond donors (Lipinski definition) is 1. The molecule has 0 unspecified atom stereocenters. The molecule has 0 saturated carbocycles. The van der Waals surface area contributed by atoms with Crippen LogP contribution in [-0.4, -0.2) is 14.5 Å². The summed E-state index contributed by atoms with van der Waals surface area (Å²) in [7, 11) is 0. The number of pyridine rings is 1. The molecule has 0 saturated heterocycles. The lowest BCUT2D eigenvalue weighted by molar-refractivity contribution is 0.462. The van der Waals surface area contributed by atoms with E-state index in [-0.39, 0.29) is 11.3 Å². The third kappa shape index (κ3) is 3.11. The smallest absolute Gasteiger partial charge is 0.258 e. The number of para-hydroxylation sites is 1. The van der Waals surface area contributed by atoms with Gasteiger partial charge in [-0.25, -0.2) is 4.98 Å². The van der Waals surface area contributed by atoms with Crippen LogP contribution < -0.4 is 5.56 Å². The van der Waals surface area contributed by atoms with E-state index in [0.29, 0.717) is 17.1 Å². The third-order valence-corrected chi connectivity index (χ3v) is 4.48. The number of benzene rings is 1. The van der Waals surface area contributed by atoms with Gasteiger partial charge in [0.1, 0.15) is 11.4 Å². The minimum Gasteiger partial charge on any atom is -0.507 e. The molecule has 3 aromatic rings. The molecule has 3 rings (SSSR count). The Balaban J connectivity index is 1.90. The molecule has 106 valence electrons. The minimum absolute atomic E-state index is 0.116. The fourth-order valence-electron chi connectivity index (χ4n) is 1.93. The number of aromatic hydroxyl groups is 1. The standard InChI is InChI=1S/C15H11BrN2O2S/c16-10-5-6-14-17-11(7-15(20)18(14)8-10)9-21-13-4-2-1-3-12(13)19/h1-8,19H,9H2. The zero-order valence-corrected chi connectivity index (χ0v) is 13.3. The van der Waals surface area contributed by atoms with E-state index in [1.54, 1.807) is 24.4 Å². The molecule has 1 N–H and O–H groups in total. The van der Waals surface area contributed by atoms with E-state index in [2.05, 4.69) is 20.9 Å². The van der Waals surface area contributed by atoms with Crippen LogP contribution in [0.2, 0.25) is 0 Å². The number of thioether (sulfide) groups is 1. The van der Waals surface area contributed by atoms with E-state index in [0.717, 1.165) is 9.37 Å². The number of halogens is 1. The molecular formula is C15H11BrN2O2S. The molecule has 0 bridgehead atoms. The molecule has 0 aliphatic rings. The molecule has 4 nitrogen and oxygen atoms in total. The van der Waals surface area contributed by atoms with Gasteiger partial charge in [0.2, 0.25) is 0 Å². The average molecular weight is 363 g/mol. The van der Waals surface area contributed by atoms with E-state index in [1.165, 1.54) is 22.2 Å². The monoisotopic (exact) mass is 362 g/mol. The highest BCUT2D eigenvalue weighted by molar-refractivity contribution is 9.10. The van der Waals surface area contributed by atoms with Crippen molar-refractivity contribution in [1.29, 1.82) is 0 Å². The molecule has 0 fully saturated rings. The Morgan fingerprint density at radius 3 is 2.86 bits per heavy atom. The number of phenols is 1. The van der Waals surface area contributed by atoms with Crippen molar-refractivity contribution in [2.75, 3.05) is 0 Å². The summed E-state index contributed by atoms with van der Waals surface area (Å²) in [5.41, 5.74) is 1.18. The summed E-state index contributed by atoms with van der Waals surface area (Å²) in [4.78, 5) is 17.3. The Labute approximate surface area is 133 Å². The van der Waals surface area contributed by atoms with Crippen LogP contribution in [0.1, 0.15) is 5.69 Å². The second-order valence-corrected chi connectivity index (χ2v) is 6.35. The van der Waals surface area contributed by atoms with E-state index in [1.807, 2.05) is 18.2 Å². The van der Waals surface area contributed by atoms with Crippen molar-refractivity contribution >= 4 is 33.3 Å². The molecule has 21 heavy (non-hydrogen) atoms. The van der Waals surface area contributed by atoms with Gasteiger partial charge in [-0.3, -0.25) is 9.20 Å². The van der Waals surface area contributed by atoms with Gasteiger partial charge in [-0.15, -0.1) is 11.8 Å². The first-order valence-electron chi connectivity index (χ1n) is 6.22. The summed E-state index contributed by atoms with van der Waals surface area (Å²) in [5, 5.41) is 9.73. The van der Waals surface area contributed by atoms with E-state index in [9.17, 15) is 9.90 Å². The van der Waals surface area contributed by atoms with Gasteiger partial charge in [0.25, 0.3) is 5.56 Å². The Kier molecular flexibility index (Phi) is 3.98. The minimum atomic E-state index is -0.116. The number of phenolic OH excluding ortho intramolecular Hbond substituents is 1. The van der Waals surface area contributed by atoms with Gasteiger partial charge in [-0.2, -0.15) is 0 Å². The number of hydrogen-bond acceptors (Lipinski definition) is 4. The maximum Gasteiger partial charge on any atom is 0.258 e. The predicted molar refractivity (Wildman–Crippen MR) is 86.8 cm³/mol. The zero-order chi connectivity index (χ0) is 14.8. The van der Waals surface area contributed by atoms with Crippen LogP contribution in [0.25, 0.3) is 5.65 Å². The van der Waals surface area contributed by atoms with Gasteiger partial charge in [0.05, 0.1) is 5.69 Å². The van der Waals surface area contributed by atoms with Gasteiger partial charge in [0.15, 0.2) is 0 Å². The summed E-state index contributed by atoms with van der Waals surface area (Å²) >= 11 is 4.79. The second kappa shape index (κ2) is 5.91. The predicted octanol–water partition coefficient (Wildman–Crippen LogP) is 3.45. The van der Waals surface area contributed by atoms with Crippen molar-refractivity contribution in [2.45, 2.75) is 10.6 Å². The first-order valence-corrected chi connectivity index (χ1v) is 8.00. The molecule has 0 amide bonds. The van der Waals surface area contributed by atoms with Gasteiger partial charge >= 0.3 is 0 Å². The van der Waals surface area contributed by atoms with Gasteiger partial charge in [0, 0.05) is 27.4 Å². The molecule has 0 radical (unpaired) electrons. The molecular weight excluding hydrogens is 352 g/mol. The molecule has 2 aromatic heterocycles. The third-order valence-electron chi connectivity index (χ3n) is 2.92. The van der Waals surface area contributed by atoms with Crippen LogP contribution in [0.3, 0.4) is 0 Å². The summed E-state index contributed by atoms with van der Waals surface area (Å²) in [6, 6.07) is 12.3. The van der Waals surface area contributed by atoms with Crippen LogP contribution in [0.15, 0.2) is 62.8 Å². The van der Waals surface area contributed by atoms with E-state index in [4.69, 9.17) is 0 Å². The fraction of sp³-hybridized carbons (Fsp3) is 0.0667. The Hall–Kier alpha value is -1.79. The normalized spacial score (nSPS) is 10.9. The van der Waals surface area contributed by atoms with Crippen LogP contribution in [0.4, 0.5) is 0 Å². The summed E-state index contributed by atoms with van der Waals surface area (Å²) < 4.78 is 2.33. The van der Waals surface area contributed by atoms with Crippen molar-refractivity contribution in [3.8, 4) is 5.75 Å². The molecule has 0 aliphatic heterocycles. The van der Waals surface area contributed by atoms with Crippen molar-refractivity contribution in [1.82, 2.24) is 9.38 Å². The maximum absolute atomic E-state index is 12.1. The highest BCUT2D eigenvalue weighted by Gasteiger charge is 2.05. The fourth-order valence-corrected chi connectivity index (χ4v) is 3.11. The average Bonchev–Trinajstić information content (AvgIpc) is 2.47. The van der Waals surface area contributed by atoms with Gasteiger partial charge < -0.3 is 5.11 Å². The first kappa shape index (κ1) is 14.2. The highest BCUT2D eigenvalue weighted by atomic mass is 79.9.